The van der Waals surface area contributed by atoms with Crippen LogP contribution >= 0.6 is 0 Å². The standard InChI is InChI=1S/C18H37O3/c1-2-3-4-5-6-7-8-9-10-11-12-13-14-15-16-17(19)18(20)21/h17,19-21H,2-16H2,1H3. The Morgan fingerprint density at radius 2 is 0.952 bits per heavy atom. The normalized spacial score (nSPS) is 13.0. The van der Waals surface area contributed by atoms with Gasteiger partial charge in [-0.15, -0.1) is 0 Å². The van der Waals surface area contributed by atoms with Gasteiger partial charge >= 0.3 is 0 Å². The van der Waals surface area contributed by atoms with Crippen LogP contribution in [0.25, 0.3) is 0 Å². The van der Waals surface area contributed by atoms with E-state index in [1.807, 2.05) is 0 Å². The molecule has 21 heavy (non-hydrogen) atoms. The number of aliphatic hydroxyl groups excluding tert-OH is 2. The molecular formula is C18H37O3. The van der Waals surface area contributed by atoms with E-state index in [2.05, 4.69) is 6.92 Å². The first-order valence-electron chi connectivity index (χ1n) is 9.11. The van der Waals surface area contributed by atoms with Gasteiger partial charge in [0.05, 0.1) is 0 Å². The van der Waals surface area contributed by atoms with Crippen molar-refractivity contribution >= 4 is 0 Å². The fourth-order valence-electron chi connectivity index (χ4n) is 2.66. The van der Waals surface area contributed by atoms with Gasteiger partial charge in [0.1, 0.15) is 6.10 Å². The maximum Gasteiger partial charge on any atom is 0.248 e. The molecule has 0 aromatic rings. The highest BCUT2D eigenvalue weighted by Gasteiger charge is 2.13. The average Bonchev–Trinajstić information content (AvgIpc) is 2.47. The van der Waals surface area contributed by atoms with Crippen molar-refractivity contribution in [1.29, 1.82) is 0 Å². The van der Waals surface area contributed by atoms with E-state index in [1.165, 1.54) is 77.0 Å². The van der Waals surface area contributed by atoms with Crippen molar-refractivity contribution in [1.82, 2.24) is 0 Å². The van der Waals surface area contributed by atoms with E-state index in [0.29, 0.717) is 6.42 Å². The third-order valence-electron chi connectivity index (χ3n) is 4.13. The lowest BCUT2D eigenvalue weighted by molar-refractivity contribution is -0.0256. The summed E-state index contributed by atoms with van der Waals surface area (Å²) < 4.78 is 0. The first kappa shape index (κ1) is 20.9. The zero-order chi connectivity index (χ0) is 15.8. The van der Waals surface area contributed by atoms with Crippen LogP contribution in [0.2, 0.25) is 0 Å². The Bertz CT molecular complexity index is 195. The molecule has 0 aliphatic heterocycles. The fraction of sp³-hybridized carbons (Fsp3) is 0.944. The van der Waals surface area contributed by atoms with Gasteiger partial charge in [-0.2, -0.15) is 0 Å². The molecule has 0 aliphatic rings. The molecule has 1 unspecified atom stereocenters. The predicted molar refractivity (Wildman–Crippen MR) is 88.1 cm³/mol. The van der Waals surface area contributed by atoms with Crippen LogP contribution in [0.5, 0.6) is 0 Å². The van der Waals surface area contributed by atoms with Crippen molar-refractivity contribution in [2.45, 2.75) is 109 Å². The molecule has 1 atom stereocenters. The van der Waals surface area contributed by atoms with Crippen molar-refractivity contribution in [2.75, 3.05) is 0 Å². The number of aliphatic hydroxyl groups is 3. The van der Waals surface area contributed by atoms with Gasteiger partial charge < -0.3 is 15.3 Å². The Hall–Kier alpha value is -0.120. The minimum atomic E-state index is -1.05. The number of hydrogen-bond acceptors (Lipinski definition) is 3. The Morgan fingerprint density at radius 3 is 1.29 bits per heavy atom. The number of unbranched alkanes of at least 4 members (excludes halogenated alkanes) is 13. The van der Waals surface area contributed by atoms with E-state index < -0.39 is 12.4 Å². The molecular weight excluding hydrogens is 264 g/mol. The predicted octanol–water partition coefficient (Wildman–Crippen LogP) is 5.45. The SMILES string of the molecule is CCCCCCCCCCCCCCCCC(O)[C](O)O. The summed E-state index contributed by atoms with van der Waals surface area (Å²) >= 11 is 0. The summed E-state index contributed by atoms with van der Waals surface area (Å²) in [6.45, 7) is 2.26. The molecule has 0 saturated carbocycles. The Labute approximate surface area is 131 Å². The molecule has 0 aliphatic carbocycles. The molecule has 0 saturated heterocycles. The van der Waals surface area contributed by atoms with Crippen molar-refractivity contribution < 1.29 is 15.3 Å². The monoisotopic (exact) mass is 301 g/mol. The van der Waals surface area contributed by atoms with Gasteiger partial charge in [0.25, 0.3) is 0 Å². The second kappa shape index (κ2) is 16.3. The topological polar surface area (TPSA) is 60.7 Å². The number of rotatable bonds is 16. The van der Waals surface area contributed by atoms with Crippen LogP contribution < -0.4 is 0 Å². The summed E-state index contributed by atoms with van der Waals surface area (Å²) in [6.07, 6.45) is 16.8. The van der Waals surface area contributed by atoms with Crippen molar-refractivity contribution in [3.8, 4) is 0 Å². The molecule has 3 nitrogen and oxygen atoms in total. The van der Waals surface area contributed by atoms with Crippen LogP contribution in [0, 0.1) is 6.29 Å². The minimum Gasteiger partial charge on any atom is -0.387 e. The molecule has 3 N–H and O–H groups in total. The summed E-state index contributed by atoms with van der Waals surface area (Å²) in [4.78, 5) is 0. The highest BCUT2D eigenvalue weighted by Crippen LogP contribution is 2.14. The molecule has 0 aromatic heterocycles. The first-order chi connectivity index (χ1) is 10.2. The lowest BCUT2D eigenvalue weighted by atomic mass is 10.0. The first-order valence-corrected chi connectivity index (χ1v) is 9.11. The zero-order valence-electron chi connectivity index (χ0n) is 14.0. The van der Waals surface area contributed by atoms with Crippen molar-refractivity contribution in [2.24, 2.45) is 0 Å². The lowest BCUT2D eigenvalue weighted by Gasteiger charge is -2.10. The Morgan fingerprint density at radius 1 is 0.619 bits per heavy atom. The molecule has 0 spiro atoms. The highest BCUT2D eigenvalue weighted by atomic mass is 16.5. The van der Waals surface area contributed by atoms with E-state index >= 15 is 0 Å². The van der Waals surface area contributed by atoms with Crippen LogP contribution in [0.3, 0.4) is 0 Å². The highest BCUT2D eigenvalue weighted by molar-refractivity contribution is 4.70. The minimum absolute atomic E-state index is 0.459. The molecule has 0 aromatic carbocycles. The second-order valence-corrected chi connectivity index (χ2v) is 6.26. The largest absolute Gasteiger partial charge is 0.387 e. The van der Waals surface area contributed by atoms with Crippen LogP contribution in [-0.2, 0) is 0 Å². The van der Waals surface area contributed by atoms with Crippen LogP contribution in [0.4, 0.5) is 0 Å². The third kappa shape index (κ3) is 16.1. The molecule has 3 heteroatoms. The molecule has 0 bridgehead atoms. The van der Waals surface area contributed by atoms with Crippen LogP contribution in [-0.4, -0.2) is 21.4 Å². The summed E-state index contributed by atoms with van der Waals surface area (Å²) in [6, 6.07) is 0. The van der Waals surface area contributed by atoms with Gasteiger partial charge in [0.15, 0.2) is 0 Å². The maximum absolute atomic E-state index is 9.18. The van der Waals surface area contributed by atoms with E-state index in [4.69, 9.17) is 10.2 Å². The molecule has 1 radical (unpaired) electrons. The smallest absolute Gasteiger partial charge is 0.248 e. The molecule has 127 valence electrons. The summed E-state index contributed by atoms with van der Waals surface area (Å²) in [5.41, 5.74) is 0. The van der Waals surface area contributed by atoms with Gasteiger partial charge in [-0.3, -0.25) is 0 Å². The Kier molecular flexibility index (Phi) is 16.2. The van der Waals surface area contributed by atoms with E-state index in [1.54, 1.807) is 0 Å². The number of hydrogen-bond donors (Lipinski definition) is 3. The summed E-state index contributed by atoms with van der Waals surface area (Å²) in [5.74, 6) is 0. The summed E-state index contributed by atoms with van der Waals surface area (Å²) in [5, 5.41) is 26.5. The molecule has 0 heterocycles. The second-order valence-electron chi connectivity index (χ2n) is 6.26. The van der Waals surface area contributed by atoms with Crippen LogP contribution in [0.15, 0.2) is 0 Å². The van der Waals surface area contributed by atoms with Gasteiger partial charge in [0, 0.05) is 0 Å². The quantitative estimate of drug-likeness (QED) is 0.332. The third-order valence-corrected chi connectivity index (χ3v) is 4.13. The van der Waals surface area contributed by atoms with Gasteiger partial charge in [0.2, 0.25) is 6.29 Å². The van der Waals surface area contributed by atoms with Crippen molar-refractivity contribution in [3.05, 3.63) is 6.29 Å². The average molecular weight is 301 g/mol. The maximum atomic E-state index is 9.18. The fourth-order valence-corrected chi connectivity index (χ4v) is 2.66. The molecule has 0 fully saturated rings. The van der Waals surface area contributed by atoms with Gasteiger partial charge in [-0.25, -0.2) is 0 Å². The van der Waals surface area contributed by atoms with Crippen molar-refractivity contribution in [3.63, 3.8) is 0 Å². The van der Waals surface area contributed by atoms with E-state index in [-0.39, 0.29) is 0 Å². The van der Waals surface area contributed by atoms with E-state index in [0.717, 1.165) is 12.8 Å². The van der Waals surface area contributed by atoms with E-state index in [9.17, 15) is 5.11 Å². The molecule has 0 amide bonds. The lowest BCUT2D eigenvalue weighted by Crippen LogP contribution is -2.16. The van der Waals surface area contributed by atoms with Gasteiger partial charge in [-0.1, -0.05) is 96.8 Å². The van der Waals surface area contributed by atoms with Gasteiger partial charge in [-0.05, 0) is 6.42 Å². The summed E-state index contributed by atoms with van der Waals surface area (Å²) in [7, 11) is 0. The molecule has 0 rings (SSSR count). The zero-order valence-corrected chi connectivity index (χ0v) is 14.0. The Balaban J connectivity index is 3.03. The van der Waals surface area contributed by atoms with Crippen LogP contribution in [0.1, 0.15) is 103 Å².